The molecule has 2 aliphatic rings. The van der Waals surface area contributed by atoms with Crippen LogP contribution in [0, 0.1) is 5.92 Å². The maximum atomic E-state index is 11.9. The first-order chi connectivity index (χ1) is 9.66. The second-order valence-electron chi connectivity index (χ2n) is 6.14. The van der Waals surface area contributed by atoms with Crippen molar-refractivity contribution in [1.82, 2.24) is 10.2 Å². The zero-order chi connectivity index (χ0) is 14.4. The Morgan fingerprint density at radius 1 is 1.30 bits per heavy atom. The van der Waals surface area contributed by atoms with E-state index in [-0.39, 0.29) is 12.1 Å². The van der Waals surface area contributed by atoms with Gasteiger partial charge in [0.1, 0.15) is 0 Å². The standard InChI is InChI=1S/C15H28N2O3/c1-12-5-2-3-7-14(12)20-10-8-16-15(19)17-9-4-6-13(18)11-17/h12-14,18H,2-11H2,1H3,(H,16,19)/t12-,13-,14+/m1/s1. The second kappa shape index (κ2) is 7.84. The van der Waals surface area contributed by atoms with Gasteiger partial charge in [-0.3, -0.25) is 0 Å². The highest BCUT2D eigenvalue weighted by Crippen LogP contribution is 2.25. The number of amides is 2. The van der Waals surface area contributed by atoms with Crippen molar-refractivity contribution in [3.05, 3.63) is 0 Å². The van der Waals surface area contributed by atoms with Crippen LogP contribution in [0.2, 0.25) is 0 Å². The molecule has 0 bridgehead atoms. The minimum Gasteiger partial charge on any atom is -0.391 e. The topological polar surface area (TPSA) is 61.8 Å². The van der Waals surface area contributed by atoms with Crippen molar-refractivity contribution in [1.29, 1.82) is 0 Å². The molecule has 2 amide bonds. The summed E-state index contributed by atoms with van der Waals surface area (Å²) < 4.78 is 5.87. The molecule has 1 heterocycles. The van der Waals surface area contributed by atoms with Crippen LogP contribution in [0.3, 0.4) is 0 Å². The molecular weight excluding hydrogens is 256 g/mol. The number of aliphatic hydroxyl groups is 1. The van der Waals surface area contributed by atoms with Crippen LogP contribution in [-0.2, 0) is 4.74 Å². The van der Waals surface area contributed by atoms with Crippen molar-refractivity contribution in [2.45, 2.75) is 57.7 Å². The lowest BCUT2D eigenvalue weighted by Gasteiger charge is -2.31. The number of nitrogens with one attached hydrogen (secondary N) is 1. The van der Waals surface area contributed by atoms with Gasteiger partial charge in [0.2, 0.25) is 0 Å². The minimum atomic E-state index is -0.367. The molecule has 0 aromatic carbocycles. The number of piperidine rings is 1. The van der Waals surface area contributed by atoms with Gasteiger partial charge >= 0.3 is 6.03 Å². The van der Waals surface area contributed by atoms with E-state index in [1.807, 2.05) is 0 Å². The fourth-order valence-electron chi connectivity index (χ4n) is 3.15. The third-order valence-corrected chi connectivity index (χ3v) is 4.43. The Morgan fingerprint density at radius 2 is 2.10 bits per heavy atom. The van der Waals surface area contributed by atoms with Crippen LogP contribution in [0.5, 0.6) is 0 Å². The Labute approximate surface area is 121 Å². The van der Waals surface area contributed by atoms with E-state index in [9.17, 15) is 9.90 Å². The van der Waals surface area contributed by atoms with Crippen molar-refractivity contribution >= 4 is 6.03 Å². The molecule has 1 aliphatic carbocycles. The predicted octanol–water partition coefficient (Wildman–Crippen LogP) is 1.75. The first kappa shape index (κ1) is 15.6. The highest BCUT2D eigenvalue weighted by atomic mass is 16.5. The van der Waals surface area contributed by atoms with Gasteiger partial charge in [-0.1, -0.05) is 19.8 Å². The number of carbonyl (C=O) groups excluding carboxylic acids is 1. The summed E-state index contributed by atoms with van der Waals surface area (Å²) in [7, 11) is 0. The zero-order valence-corrected chi connectivity index (χ0v) is 12.5. The molecule has 1 saturated carbocycles. The molecule has 0 spiro atoms. The lowest BCUT2D eigenvalue weighted by atomic mass is 9.88. The van der Waals surface area contributed by atoms with Crippen LogP contribution < -0.4 is 5.32 Å². The number of hydrogen-bond acceptors (Lipinski definition) is 3. The number of hydrogen-bond donors (Lipinski definition) is 2. The fraction of sp³-hybridized carbons (Fsp3) is 0.933. The van der Waals surface area contributed by atoms with Crippen molar-refractivity contribution in [3.63, 3.8) is 0 Å². The van der Waals surface area contributed by atoms with Gasteiger partial charge in [0.25, 0.3) is 0 Å². The predicted molar refractivity (Wildman–Crippen MR) is 77.6 cm³/mol. The van der Waals surface area contributed by atoms with E-state index in [2.05, 4.69) is 12.2 Å². The number of rotatable bonds is 4. The van der Waals surface area contributed by atoms with Crippen molar-refractivity contribution in [2.24, 2.45) is 5.92 Å². The van der Waals surface area contributed by atoms with E-state index in [1.54, 1.807) is 4.90 Å². The Kier molecular flexibility index (Phi) is 6.10. The van der Waals surface area contributed by atoms with Crippen LogP contribution in [0.4, 0.5) is 4.79 Å². The van der Waals surface area contributed by atoms with Gasteiger partial charge in [0, 0.05) is 19.6 Å². The molecule has 116 valence electrons. The number of likely N-dealkylation sites (tertiary alicyclic amines) is 1. The number of carbonyl (C=O) groups is 1. The van der Waals surface area contributed by atoms with Crippen LogP contribution in [0.1, 0.15) is 45.4 Å². The molecule has 2 N–H and O–H groups in total. The van der Waals surface area contributed by atoms with Gasteiger partial charge in [-0.2, -0.15) is 0 Å². The van der Waals surface area contributed by atoms with Crippen molar-refractivity contribution in [3.8, 4) is 0 Å². The lowest BCUT2D eigenvalue weighted by Crippen LogP contribution is -2.47. The summed E-state index contributed by atoms with van der Waals surface area (Å²) >= 11 is 0. The molecular formula is C15H28N2O3. The van der Waals surface area contributed by atoms with Gasteiger partial charge in [0.05, 0.1) is 18.8 Å². The van der Waals surface area contributed by atoms with E-state index < -0.39 is 0 Å². The number of urea groups is 1. The first-order valence-corrected chi connectivity index (χ1v) is 7.99. The van der Waals surface area contributed by atoms with Crippen molar-refractivity contribution < 1.29 is 14.6 Å². The summed E-state index contributed by atoms with van der Waals surface area (Å²) in [5.74, 6) is 0.636. The second-order valence-corrected chi connectivity index (χ2v) is 6.14. The Balaban J connectivity index is 1.59. The third-order valence-electron chi connectivity index (χ3n) is 4.43. The SMILES string of the molecule is C[C@@H]1CCCC[C@@H]1OCCNC(=O)N1CCC[C@@H](O)C1. The van der Waals surface area contributed by atoms with Gasteiger partial charge in [-0.25, -0.2) is 4.79 Å². The number of aliphatic hydroxyl groups excluding tert-OH is 1. The monoisotopic (exact) mass is 284 g/mol. The molecule has 2 rings (SSSR count). The molecule has 1 saturated heterocycles. The third kappa shape index (κ3) is 4.63. The summed E-state index contributed by atoms with van der Waals surface area (Å²) in [5, 5.41) is 12.4. The molecule has 0 aromatic rings. The number of ether oxygens (including phenoxy) is 1. The first-order valence-electron chi connectivity index (χ1n) is 7.99. The van der Waals surface area contributed by atoms with Gasteiger partial charge in [-0.15, -0.1) is 0 Å². The lowest BCUT2D eigenvalue weighted by molar-refractivity contribution is -0.00297. The van der Waals surface area contributed by atoms with E-state index >= 15 is 0 Å². The maximum Gasteiger partial charge on any atom is 0.317 e. The Bertz CT molecular complexity index is 311. The Morgan fingerprint density at radius 3 is 2.85 bits per heavy atom. The zero-order valence-electron chi connectivity index (χ0n) is 12.5. The highest BCUT2D eigenvalue weighted by molar-refractivity contribution is 5.74. The van der Waals surface area contributed by atoms with E-state index in [0.717, 1.165) is 25.8 Å². The van der Waals surface area contributed by atoms with Gasteiger partial charge < -0.3 is 20.1 Å². The molecule has 0 unspecified atom stereocenters. The fourth-order valence-corrected chi connectivity index (χ4v) is 3.15. The smallest absolute Gasteiger partial charge is 0.317 e. The average Bonchev–Trinajstić information content (AvgIpc) is 2.45. The van der Waals surface area contributed by atoms with Gasteiger partial charge in [-0.05, 0) is 31.6 Å². The summed E-state index contributed by atoms with van der Waals surface area (Å²) in [5.41, 5.74) is 0. The summed E-state index contributed by atoms with van der Waals surface area (Å²) in [6.07, 6.45) is 6.64. The van der Waals surface area contributed by atoms with E-state index in [1.165, 1.54) is 19.3 Å². The van der Waals surface area contributed by atoms with Crippen LogP contribution in [0.15, 0.2) is 0 Å². The molecule has 1 aliphatic heterocycles. The largest absolute Gasteiger partial charge is 0.391 e. The van der Waals surface area contributed by atoms with Crippen LogP contribution >= 0.6 is 0 Å². The summed E-state index contributed by atoms with van der Waals surface area (Å²) in [4.78, 5) is 13.6. The van der Waals surface area contributed by atoms with E-state index in [0.29, 0.717) is 31.7 Å². The number of β-amino-alcohol motifs (C(OH)–C–C–N with tert-alkyl or cyclic N) is 1. The van der Waals surface area contributed by atoms with E-state index in [4.69, 9.17) is 4.74 Å². The number of nitrogens with zero attached hydrogens (tertiary/aromatic N) is 1. The minimum absolute atomic E-state index is 0.0796. The van der Waals surface area contributed by atoms with Gasteiger partial charge in [0.15, 0.2) is 0 Å². The molecule has 20 heavy (non-hydrogen) atoms. The van der Waals surface area contributed by atoms with Crippen LogP contribution in [-0.4, -0.2) is 54.5 Å². The quantitative estimate of drug-likeness (QED) is 0.773. The summed E-state index contributed by atoms with van der Waals surface area (Å²) in [6, 6.07) is -0.0796. The molecule has 0 aromatic heterocycles. The normalized spacial score (nSPS) is 31.1. The summed E-state index contributed by atoms with van der Waals surface area (Å²) in [6.45, 7) is 4.57. The molecule has 0 radical (unpaired) electrons. The molecule has 5 nitrogen and oxygen atoms in total. The highest BCUT2D eigenvalue weighted by Gasteiger charge is 2.23. The molecule has 5 heteroatoms. The molecule has 3 atom stereocenters. The van der Waals surface area contributed by atoms with Crippen LogP contribution in [0.25, 0.3) is 0 Å². The Hall–Kier alpha value is -0.810. The molecule has 2 fully saturated rings. The average molecular weight is 284 g/mol. The maximum absolute atomic E-state index is 11.9. The van der Waals surface area contributed by atoms with Crippen molar-refractivity contribution in [2.75, 3.05) is 26.2 Å².